The van der Waals surface area contributed by atoms with E-state index in [1.165, 1.54) is 20.2 Å². The number of aliphatic hydroxyl groups excluding tert-OH is 1. The van der Waals surface area contributed by atoms with E-state index in [-0.39, 0.29) is 18.2 Å². The van der Waals surface area contributed by atoms with Crippen molar-refractivity contribution in [2.45, 2.75) is 63.4 Å². The van der Waals surface area contributed by atoms with Crippen LogP contribution in [0.1, 0.15) is 60.6 Å². The number of aromatic nitrogens is 1. The number of likely N-dealkylation sites (tertiary alicyclic amines) is 1. The van der Waals surface area contributed by atoms with E-state index in [9.17, 15) is 15.0 Å². The first kappa shape index (κ1) is 31.8. The summed E-state index contributed by atoms with van der Waals surface area (Å²) in [6.07, 6.45) is 3.20. The third-order valence-electron chi connectivity index (χ3n) is 8.91. The third kappa shape index (κ3) is 6.73. The van der Waals surface area contributed by atoms with Crippen LogP contribution >= 0.6 is 0 Å². The van der Waals surface area contributed by atoms with Gasteiger partial charge in [0, 0.05) is 44.5 Å². The highest BCUT2D eigenvalue weighted by Gasteiger charge is 2.34. The number of aliphatic carboxylic acids is 1. The Morgan fingerprint density at radius 3 is 2.43 bits per heavy atom. The van der Waals surface area contributed by atoms with Crippen molar-refractivity contribution in [1.29, 1.82) is 0 Å². The molecule has 5 rings (SSSR count). The summed E-state index contributed by atoms with van der Waals surface area (Å²) in [6.45, 7) is 3.21. The predicted molar refractivity (Wildman–Crippen MR) is 162 cm³/mol. The maximum atomic E-state index is 15.3. The molecule has 0 bridgehead atoms. The van der Waals surface area contributed by atoms with Gasteiger partial charge >= 0.3 is 5.97 Å². The highest BCUT2D eigenvalue weighted by atomic mass is 19.1. The van der Waals surface area contributed by atoms with Crippen LogP contribution < -0.4 is 9.47 Å². The highest BCUT2D eigenvalue weighted by molar-refractivity contribution is 5.71. The van der Waals surface area contributed by atoms with Gasteiger partial charge in [-0.25, -0.2) is 9.37 Å². The van der Waals surface area contributed by atoms with Crippen molar-refractivity contribution in [2.24, 2.45) is 5.92 Å². The fourth-order valence-corrected chi connectivity index (χ4v) is 6.39. The quantitative estimate of drug-likeness (QED) is 0.281. The summed E-state index contributed by atoms with van der Waals surface area (Å²) in [5.74, 6) is -1.50. The largest absolute Gasteiger partial charge is 0.485 e. The minimum Gasteiger partial charge on any atom is -0.485 e. The lowest BCUT2D eigenvalue weighted by atomic mass is 9.91. The summed E-state index contributed by atoms with van der Waals surface area (Å²) in [5, 5.41) is 20.0. The van der Waals surface area contributed by atoms with Crippen molar-refractivity contribution in [3.8, 4) is 22.8 Å². The topological polar surface area (TPSA) is 111 Å². The van der Waals surface area contributed by atoms with Gasteiger partial charge in [0.2, 0.25) is 5.88 Å². The number of carbonyl (C=O) groups is 1. The number of nitrogens with zero attached hydrogens (tertiary/aromatic N) is 2. The SMILES string of the molecule is COCC1CCC(COC)N1Cc1cc(C2CCc3ccc([C@H](O)[C@H](C)C(=O)O)cc3O2)ccc1-c1cc(OC)ncc1F. The molecule has 1 saturated heterocycles. The van der Waals surface area contributed by atoms with Gasteiger partial charge in [-0.15, -0.1) is 0 Å². The van der Waals surface area contributed by atoms with E-state index in [4.69, 9.17) is 18.9 Å². The number of hydrogen-bond donors (Lipinski definition) is 2. The van der Waals surface area contributed by atoms with Crippen LogP contribution in [0.25, 0.3) is 11.1 Å². The zero-order valence-electron chi connectivity index (χ0n) is 25.7. The normalized spacial score (nSPS) is 21.4. The van der Waals surface area contributed by atoms with Crippen molar-refractivity contribution in [3.05, 3.63) is 76.7 Å². The van der Waals surface area contributed by atoms with Crippen LogP contribution in [0.5, 0.6) is 11.6 Å². The maximum Gasteiger partial charge on any atom is 0.309 e. The van der Waals surface area contributed by atoms with Gasteiger partial charge in [0.25, 0.3) is 0 Å². The second kappa shape index (κ2) is 14.0. The van der Waals surface area contributed by atoms with E-state index in [1.54, 1.807) is 32.4 Å². The van der Waals surface area contributed by atoms with Gasteiger partial charge < -0.3 is 29.2 Å². The predicted octanol–water partition coefficient (Wildman–Crippen LogP) is 5.34. The van der Waals surface area contributed by atoms with E-state index >= 15 is 4.39 Å². The molecular weight excluding hydrogens is 567 g/mol. The number of pyridine rings is 1. The summed E-state index contributed by atoms with van der Waals surface area (Å²) >= 11 is 0. The Balaban J connectivity index is 1.51. The summed E-state index contributed by atoms with van der Waals surface area (Å²) in [6, 6.07) is 13.4. The lowest BCUT2D eigenvalue weighted by molar-refractivity contribution is -0.145. The molecule has 2 aromatic carbocycles. The molecule has 10 heteroatoms. The molecular formula is C34H41FN2O7. The Hall–Kier alpha value is -3.57. The first-order valence-corrected chi connectivity index (χ1v) is 15.0. The fourth-order valence-electron chi connectivity index (χ4n) is 6.39. The first-order valence-electron chi connectivity index (χ1n) is 15.0. The number of hydrogen-bond acceptors (Lipinski definition) is 8. The van der Waals surface area contributed by atoms with Crippen LogP contribution in [-0.4, -0.2) is 72.7 Å². The molecule has 3 unspecified atom stereocenters. The van der Waals surface area contributed by atoms with Gasteiger partial charge in [0.05, 0.1) is 38.5 Å². The number of rotatable bonds is 12. The summed E-state index contributed by atoms with van der Waals surface area (Å²) in [7, 11) is 4.92. The second-order valence-electron chi connectivity index (χ2n) is 11.7. The van der Waals surface area contributed by atoms with E-state index in [0.717, 1.165) is 47.9 Å². The van der Waals surface area contributed by atoms with Gasteiger partial charge in [-0.2, -0.15) is 0 Å². The summed E-state index contributed by atoms with van der Waals surface area (Å²) < 4.78 is 38.2. The number of aliphatic hydroxyl groups is 1. The molecule has 0 radical (unpaired) electrons. The van der Waals surface area contributed by atoms with Gasteiger partial charge in [0.1, 0.15) is 17.7 Å². The molecule has 9 nitrogen and oxygen atoms in total. The minimum absolute atomic E-state index is 0.198. The average Bonchev–Trinajstić information content (AvgIpc) is 3.40. The Morgan fingerprint density at radius 1 is 1.05 bits per heavy atom. The number of ether oxygens (including phenoxy) is 4. The molecule has 2 N–H and O–H groups in total. The molecule has 5 atom stereocenters. The summed E-state index contributed by atoms with van der Waals surface area (Å²) in [5.41, 5.74) is 4.55. The Bertz CT molecular complexity index is 1450. The lowest BCUT2D eigenvalue weighted by Gasteiger charge is -2.32. The van der Waals surface area contributed by atoms with Crippen LogP contribution in [0.4, 0.5) is 4.39 Å². The zero-order chi connectivity index (χ0) is 31.4. The van der Waals surface area contributed by atoms with Gasteiger partial charge in [0.15, 0.2) is 0 Å². The third-order valence-corrected chi connectivity index (χ3v) is 8.91. The van der Waals surface area contributed by atoms with Crippen molar-refractivity contribution in [3.63, 3.8) is 0 Å². The molecule has 2 aliphatic rings. The molecule has 2 aliphatic heterocycles. The van der Waals surface area contributed by atoms with Gasteiger partial charge in [-0.3, -0.25) is 9.69 Å². The fraction of sp³-hybridized carbons (Fsp3) is 0.471. The number of carboxylic acid groups (broad SMARTS) is 1. The molecule has 1 fully saturated rings. The molecule has 3 aromatic rings. The van der Waals surface area contributed by atoms with Gasteiger partial charge in [-0.05, 0) is 66.5 Å². The van der Waals surface area contributed by atoms with Crippen molar-refractivity contribution < 1.29 is 38.3 Å². The van der Waals surface area contributed by atoms with Crippen LogP contribution in [-0.2, 0) is 27.2 Å². The molecule has 1 aromatic heterocycles. The summed E-state index contributed by atoms with van der Waals surface area (Å²) in [4.78, 5) is 17.9. The van der Waals surface area contributed by atoms with Crippen molar-refractivity contribution >= 4 is 5.97 Å². The number of halogens is 1. The second-order valence-corrected chi connectivity index (χ2v) is 11.7. The number of methoxy groups -OCH3 is 3. The molecule has 44 heavy (non-hydrogen) atoms. The number of benzene rings is 2. The molecule has 236 valence electrons. The van der Waals surface area contributed by atoms with E-state index in [1.807, 2.05) is 18.2 Å². The van der Waals surface area contributed by atoms with Crippen molar-refractivity contribution in [1.82, 2.24) is 9.88 Å². The van der Waals surface area contributed by atoms with E-state index in [2.05, 4.69) is 16.0 Å². The molecule has 0 saturated carbocycles. The van der Waals surface area contributed by atoms with Crippen molar-refractivity contribution in [2.75, 3.05) is 34.5 Å². The molecule has 0 amide bonds. The highest BCUT2D eigenvalue weighted by Crippen LogP contribution is 2.40. The van der Waals surface area contributed by atoms with Crippen LogP contribution in [0.15, 0.2) is 48.7 Å². The number of carboxylic acids is 1. The minimum atomic E-state index is -1.15. The zero-order valence-corrected chi connectivity index (χ0v) is 25.7. The molecule has 3 heterocycles. The van der Waals surface area contributed by atoms with Crippen LogP contribution in [0, 0.1) is 11.7 Å². The molecule has 0 aliphatic carbocycles. The average molecular weight is 609 g/mol. The Kier molecular flexibility index (Phi) is 10.2. The first-order chi connectivity index (χ1) is 21.2. The Morgan fingerprint density at radius 2 is 1.77 bits per heavy atom. The van der Waals surface area contributed by atoms with E-state index < -0.39 is 23.8 Å². The monoisotopic (exact) mass is 608 g/mol. The van der Waals surface area contributed by atoms with E-state index in [0.29, 0.717) is 42.5 Å². The number of fused-ring (bicyclic) bond motifs is 1. The van der Waals surface area contributed by atoms with Crippen LogP contribution in [0.2, 0.25) is 0 Å². The maximum absolute atomic E-state index is 15.3. The molecule has 0 spiro atoms. The van der Waals surface area contributed by atoms with Gasteiger partial charge in [-0.1, -0.05) is 30.3 Å². The lowest BCUT2D eigenvalue weighted by Crippen LogP contribution is -2.40. The standard InChI is InChI=1S/C34H41FN2O7/c1-20(34(39)40)33(38)23-6-5-21-8-12-30(44-31(21)14-23)22-7-11-27(28-15-32(43-4)36-16-29(28)35)24(13-22)17-37-25(18-41-2)9-10-26(37)19-42-3/h5-7,11,13-16,20,25-26,30,33,38H,8-10,12,17-19H2,1-4H3,(H,39,40)/t20-,25?,26?,30?,33+/m0/s1. The van der Waals surface area contributed by atoms with Crippen LogP contribution in [0.3, 0.4) is 0 Å². The number of aryl methyl sites for hydroxylation is 1. The smallest absolute Gasteiger partial charge is 0.309 e. The Labute approximate surface area is 257 Å².